The van der Waals surface area contributed by atoms with Gasteiger partial charge >= 0.3 is 0 Å². The predicted octanol–water partition coefficient (Wildman–Crippen LogP) is 5.23. The summed E-state index contributed by atoms with van der Waals surface area (Å²) in [6, 6.07) is 33.3. The molecule has 0 aliphatic carbocycles. The van der Waals surface area contributed by atoms with Gasteiger partial charge in [0.1, 0.15) is 0 Å². The lowest BCUT2D eigenvalue weighted by molar-refractivity contribution is 0.160. The monoisotopic (exact) mass is 429 g/mol. The van der Waals surface area contributed by atoms with Crippen LogP contribution in [0.4, 0.5) is 0 Å². The lowest BCUT2D eigenvalue weighted by atomic mass is 10.2. The zero-order valence-electron chi connectivity index (χ0n) is 19.1. The Morgan fingerprint density at radius 3 is 1.84 bits per heavy atom. The molecule has 1 heterocycles. The fourth-order valence-corrected chi connectivity index (χ4v) is 9.69. The zero-order valence-corrected chi connectivity index (χ0v) is 20.1. The Morgan fingerprint density at radius 1 is 0.806 bits per heavy atom. The van der Waals surface area contributed by atoms with Crippen LogP contribution in [0.1, 0.15) is 39.2 Å². The largest absolute Gasteiger partial charge is 0.406 e. The van der Waals surface area contributed by atoms with Gasteiger partial charge in [0, 0.05) is 12.6 Å². The molecule has 0 amide bonds. The van der Waals surface area contributed by atoms with Crippen molar-refractivity contribution in [1.82, 2.24) is 4.90 Å². The highest BCUT2D eigenvalue weighted by Gasteiger charge is 2.50. The summed E-state index contributed by atoms with van der Waals surface area (Å²) in [4.78, 5) is 2.62. The molecule has 3 aromatic carbocycles. The standard InChI is InChI=1S/C28H35NOSi/c1-28(2,3)31(26-17-9-5-10-18-26,27-19-11-6-12-20-27)30-23-25-16-13-21-29(25)22-24-14-7-4-8-15-24/h4-12,14-15,17-20,25H,13,16,21-23H2,1-3H3/t25-/m0/s1. The van der Waals surface area contributed by atoms with Crippen LogP contribution in [-0.4, -0.2) is 32.4 Å². The van der Waals surface area contributed by atoms with Gasteiger partial charge in [0.2, 0.25) is 0 Å². The van der Waals surface area contributed by atoms with E-state index < -0.39 is 8.32 Å². The van der Waals surface area contributed by atoms with E-state index in [1.165, 1.54) is 28.8 Å². The topological polar surface area (TPSA) is 12.5 Å². The molecule has 31 heavy (non-hydrogen) atoms. The molecule has 0 N–H and O–H groups in total. The van der Waals surface area contributed by atoms with Gasteiger partial charge < -0.3 is 4.43 Å². The van der Waals surface area contributed by atoms with Crippen LogP contribution in [0.25, 0.3) is 0 Å². The van der Waals surface area contributed by atoms with Crippen LogP contribution >= 0.6 is 0 Å². The van der Waals surface area contributed by atoms with Crippen molar-refractivity contribution >= 4 is 18.7 Å². The molecule has 0 spiro atoms. The summed E-state index contributed by atoms with van der Waals surface area (Å²) in [6.45, 7) is 10.0. The molecule has 0 bridgehead atoms. The normalized spacial score (nSPS) is 17.7. The second kappa shape index (κ2) is 9.52. The maximum absolute atomic E-state index is 7.22. The van der Waals surface area contributed by atoms with Crippen molar-refractivity contribution < 1.29 is 4.43 Å². The molecule has 0 aromatic heterocycles. The molecule has 1 fully saturated rings. The average Bonchev–Trinajstić information content (AvgIpc) is 3.22. The van der Waals surface area contributed by atoms with Crippen molar-refractivity contribution in [3.63, 3.8) is 0 Å². The van der Waals surface area contributed by atoms with Crippen molar-refractivity contribution in [1.29, 1.82) is 0 Å². The van der Waals surface area contributed by atoms with Gasteiger partial charge in [0.05, 0.1) is 6.61 Å². The van der Waals surface area contributed by atoms with Gasteiger partial charge in [-0.1, -0.05) is 112 Å². The summed E-state index contributed by atoms with van der Waals surface area (Å²) in [7, 11) is -2.47. The molecule has 0 unspecified atom stereocenters. The third-order valence-electron chi connectivity index (χ3n) is 6.64. The maximum Gasteiger partial charge on any atom is 0.261 e. The first-order valence-electron chi connectivity index (χ1n) is 11.5. The van der Waals surface area contributed by atoms with Gasteiger partial charge in [-0.25, -0.2) is 0 Å². The highest BCUT2D eigenvalue weighted by atomic mass is 28.4. The summed E-state index contributed by atoms with van der Waals surface area (Å²) < 4.78 is 7.22. The maximum atomic E-state index is 7.22. The van der Waals surface area contributed by atoms with Crippen molar-refractivity contribution in [2.45, 2.75) is 51.2 Å². The Hall–Kier alpha value is -2.20. The smallest absolute Gasteiger partial charge is 0.261 e. The molecule has 0 saturated carbocycles. The Morgan fingerprint density at radius 2 is 1.32 bits per heavy atom. The molecule has 3 aromatic rings. The minimum Gasteiger partial charge on any atom is -0.406 e. The molecular weight excluding hydrogens is 394 g/mol. The molecule has 1 saturated heterocycles. The van der Waals surface area contributed by atoms with Gasteiger partial charge in [-0.3, -0.25) is 4.90 Å². The van der Waals surface area contributed by atoms with Crippen LogP contribution in [0.15, 0.2) is 91.0 Å². The molecule has 1 aliphatic rings. The minimum atomic E-state index is -2.47. The summed E-state index contributed by atoms with van der Waals surface area (Å²) in [6.07, 6.45) is 2.46. The molecule has 2 nitrogen and oxygen atoms in total. The summed E-state index contributed by atoms with van der Waals surface area (Å²) in [5.41, 5.74) is 1.39. The van der Waals surface area contributed by atoms with E-state index in [-0.39, 0.29) is 5.04 Å². The van der Waals surface area contributed by atoms with Crippen LogP contribution in [0.5, 0.6) is 0 Å². The van der Waals surface area contributed by atoms with Gasteiger partial charge in [-0.15, -0.1) is 0 Å². The average molecular weight is 430 g/mol. The summed E-state index contributed by atoms with van der Waals surface area (Å²) in [5.74, 6) is 0. The van der Waals surface area contributed by atoms with E-state index in [1.54, 1.807) is 0 Å². The first-order chi connectivity index (χ1) is 15.0. The number of nitrogens with zero attached hydrogens (tertiary/aromatic N) is 1. The van der Waals surface area contributed by atoms with Crippen LogP contribution in [0.3, 0.4) is 0 Å². The van der Waals surface area contributed by atoms with Crippen LogP contribution in [0.2, 0.25) is 5.04 Å². The molecule has 3 heteroatoms. The highest BCUT2D eigenvalue weighted by Crippen LogP contribution is 2.37. The third-order valence-corrected chi connectivity index (χ3v) is 11.6. The van der Waals surface area contributed by atoms with Crippen LogP contribution in [-0.2, 0) is 11.0 Å². The summed E-state index contributed by atoms with van der Waals surface area (Å²) in [5, 5.41) is 2.75. The number of likely N-dealkylation sites (tertiary alicyclic amines) is 1. The van der Waals surface area contributed by atoms with Crippen molar-refractivity contribution in [3.8, 4) is 0 Å². The number of hydrogen-bond donors (Lipinski definition) is 0. The van der Waals surface area contributed by atoms with E-state index in [1.807, 2.05) is 0 Å². The van der Waals surface area contributed by atoms with E-state index in [2.05, 4.69) is 117 Å². The number of rotatable bonds is 7. The molecule has 1 aliphatic heterocycles. The Balaban J connectivity index is 1.64. The molecule has 0 radical (unpaired) electrons. The predicted molar refractivity (Wildman–Crippen MR) is 133 cm³/mol. The van der Waals surface area contributed by atoms with Crippen molar-refractivity contribution in [3.05, 3.63) is 96.6 Å². The van der Waals surface area contributed by atoms with E-state index in [0.29, 0.717) is 6.04 Å². The first-order valence-corrected chi connectivity index (χ1v) is 13.4. The SMILES string of the molecule is CC(C)(C)[Si](OC[C@@H]1CCCN1Cc1ccccc1)(c1ccccc1)c1ccccc1. The fraction of sp³-hybridized carbons (Fsp3) is 0.357. The van der Waals surface area contributed by atoms with E-state index >= 15 is 0 Å². The van der Waals surface area contributed by atoms with E-state index in [4.69, 9.17) is 4.43 Å². The quantitative estimate of drug-likeness (QED) is 0.477. The molecule has 162 valence electrons. The number of hydrogen-bond acceptors (Lipinski definition) is 2. The number of benzene rings is 3. The second-order valence-corrected chi connectivity index (χ2v) is 14.0. The molecular formula is C28H35NOSi. The fourth-order valence-electron chi connectivity index (χ4n) is 5.09. The van der Waals surface area contributed by atoms with E-state index in [0.717, 1.165) is 19.7 Å². The van der Waals surface area contributed by atoms with Crippen LogP contribution in [0, 0.1) is 0 Å². The third kappa shape index (κ3) is 4.69. The van der Waals surface area contributed by atoms with Crippen LogP contribution < -0.4 is 10.4 Å². The van der Waals surface area contributed by atoms with Gasteiger partial charge in [-0.05, 0) is 40.4 Å². The second-order valence-electron chi connectivity index (χ2n) is 9.73. The Labute approximate surface area is 189 Å². The van der Waals surface area contributed by atoms with Gasteiger partial charge in [-0.2, -0.15) is 0 Å². The van der Waals surface area contributed by atoms with E-state index in [9.17, 15) is 0 Å². The molecule has 1 atom stereocenters. The zero-order chi connectivity index (χ0) is 21.7. The summed E-state index contributed by atoms with van der Waals surface area (Å²) >= 11 is 0. The Bertz CT molecular complexity index is 898. The lowest BCUT2D eigenvalue weighted by Crippen LogP contribution is -2.67. The van der Waals surface area contributed by atoms with Gasteiger partial charge in [0.15, 0.2) is 0 Å². The first kappa shape index (κ1) is 22.0. The minimum absolute atomic E-state index is 0.0264. The molecule has 4 rings (SSSR count). The van der Waals surface area contributed by atoms with Gasteiger partial charge in [0.25, 0.3) is 8.32 Å². The van der Waals surface area contributed by atoms with Crippen molar-refractivity contribution in [2.24, 2.45) is 0 Å². The lowest BCUT2D eigenvalue weighted by Gasteiger charge is -2.44. The highest BCUT2D eigenvalue weighted by molar-refractivity contribution is 6.99. The Kier molecular flexibility index (Phi) is 6.76. The van der Waals surface area contributed by atoms with Crippen molar-refractivity contribution in [2.75, 3.05) is 13.2 Å².